The van der Waals surface area contributed by atoms with Crippen molar-refractivity contribution < 1.29 is 40.3 Å². The molecule has 4 nitrogen and oxygen atoms in total. The molecule has 29 heavy (non-hydrogen) atoms. The predicted molar refractivity (Wildman–Crippen MR) is 88.9 cm³/mol. The van der Waals surface area contributed by atoms with E-state index in [2.05, 4.69) is 0 Å². The van der Waals surface area contributed by atoms with E-state index >= 15 is 0 Å². The summed E-state index contributed by atoms with van der Waals surface area (Å²) in [7, 11) is 0. The zero-order valence-electron chi connectivity index (χ0n) is 14.0. The monoisotopic (exact) mass is 438 g/mol. The smallest absolute Gasteiger partial charge is 0.399 e. The molecule has 2 aromatic rings. The summed E-state index contributed by atoms with van der Waals surface area (Å²) in [5, 5.41) is -1.21. The molecule has 1 aliphatic heterocycles. The number of alkyl halides is 3. The molecule has 1 aliphatic rings. The molecule has 1 atom stereocenters. The van der Waals surface area contributed by atoms with E-state index in [0.29, 0.717) is 10.6 Å². The Labute approximate surface area is 162 Å². The summed E-state index contributed by atoms with van der Waals surface area (Å²) in [5.41, 5.74) is 1.32. The molecule has 3 rings (SSSR count). The molecule has 0 spiro atoms. The van der Waals surface area contributed by atoms with Gasteiger partial charge in [0.2, 0.25) is 11.8 Å². The van der Waals surface area contributed by atoms with Crippen molar-refractivity contribution in [3.05, 3.63) is 53.1 Å². The van der Waals surface area contributed by atoms with E-state index in [1.165, 1.54) is 24.3 Å². The van der Waals surface area contributed by atoms with Crippen LogP contribution in [0.2, 0.25) is 0 Å². The molecule has 0 radical (unpaired) electrons. The fraction of sp³-hybridized carbons (Fsp3) is 0.176. The highest BCUT2D eigenvalue weighted by Gasteiger charge is 2.47. The first-order valence-corrected chi connectivity index (χ1v) is 8.63. The normalized spacial score (nSPS) is 17.3. The van der Waals surface area contributed by atoms with Crippen molar-refractivity contribution in [1.82, 2.24) is 0 Å². The van der Waals surface area contributed by atoms with Crippen LogP contribution in [-0.4, -0.2) is 17.1 Å². The van der Waals surface area contributed by atoms with Crippen molar-refractivity contribution in [2.75, 3.05) is 10.6 Å². The highest BCUT2D eigenvalue weighted by molar-refractivity contribution is 8.00. The van der Waals surface area contributed by atoms with E-state index in [4.69, 9.17) is 5.73 Å². The van der Waals surface area contributed by atoms with Crippen LogP contribution in [0.15, 0.2) is 29.2 Å². The lowest BCUT2D eigenvalue weighted by atomic mass is 10.1. The van der Waals surface area contributed by atoms with Crippen molar-refractivity contribution in [3.8, 4) is 0 Å². The number of amides is 2. The van der Waals surface area contributed by atoms with E-state index < -0.39 is 64.2 Å². The first-order chi connectivity index (χ1) is 13.4. The van der Waals surface area contributed by atoms with E-state index in [1.807, 2.05) is 0 Å². The molecule has 12 heteroatoms. The molecule has 0 aliphatic carbocycles. The number of halogens is 7. The lowest BCUT2D eigenvalue weighted by molar-refractivity contribution is -0.143. The Morgan fingerprint density at radius 3 is 1.93 bits per heavy atom. The average Bonchev–Trinajstić information content (AvgIpc) is 2.89. The number of hydrogen-bond acceptors (Lipinski definition) is 4. The third-order valence-electron chi connectivity index (χ3n) is 4.01. The van der Waals surface area contributed by atoms with Gasteiger partial charge in [0.15, 0.2) is 23.3 Å². The quantitative estimate of drug-likeness (QED) is 0.337. The maximum Gasteiger partial charge on any atom is 0.422 e. The first kappa shape index (κ1) is 21.0. The molecule has 1 heterocycles. The van der Waals surface area contributed by atoms with Gasteiger partial charge in [0.1, 0.15) is 11.3 Å². The molecule has 1 saturated heterocycles. The number of rotatable bonds is 3. The van der Waals surface area contributed by atoms with Gasteiger partial charge in [-0.3, -0.25) is 9.59 Å². The van der Waals surface area contributed by atoms with Gasteiger partial charge in [-0.25, -0.2) is 22.5 Å². The van der Waals surface area contributed by atoms with Crippen LogP contribution in [0.4, 0.5) is 42.1 Å². The minimum Gasteiger partial charge on any atom is -0.399 e. The summed E-state index contributed by atoms with van der Waals surface area (Å²) in [6.07, 6.45) is -6.32. The van der Waals surface area contributed by atoms with Gasteiger partial charge in [0.25, 0.3) is 0 Å². The zero-order chi connectivity index (χ0) is 21.7. The number of hydrogen-bond donors (Lipinski definition) is 1. The van der Waals surface area contributed by atoms with E-state index in [9.17, 15) is 40.3 Å². The standard InChI is InChI=1S/C17H9F7N2O2S/c18-11-10(17(22,23)24)12(19)14(21)15(13(11)20)26-9(27)5-8(16(26)28)29-7-3-1-6(25)2-4-7/h1-4,8H,5,25H2. The Balaban J connectivity index is 2.01. The predicted octanol–water partition coefficient (Wildman–Crippen LogP) is 4.27. The van der Waals surface area contributed by atoms with Gasteiger partial charge in [-0.05, 0) is 24.3 Å². The van der Waals surface area contributed by atoms with Crippen LogP contribution in [0.5, 0.6) is 0 Å². The van der Waals surface area contributed by atoms with Crippen LogP contribution < -0.4 is 10.6 Å². The van der Waals surface area contributed by atoms with Crippen LogP contribution >= 0.6 is 11.8 Å². The topological polar surface area (TPSA) is 63.4 Å². The van der Waals surface area contributed by atoms with Crippen LogP contribution in [-0.2, 0) is 15.8 Å². The van der Waals surface area contributed by atoms with Gasteiger partial charge >= 0.3 is 6.18 Å². The number of carbonyl (C=O) groups excluding carboxylic acids is 2. The Bertz CT molecular complexity index is 979. The second-order valence-electron chi connectivity index (χ2n) is 5.92. The fourth-order valence-electron chi connectivity index (χ4n) is 2.71. The molecule has 1 fully saturated rings. The van der Waals surface area contributed by atoms with E-state index in [0.717, 1.165) is 11.8 Å². The van der Waals surface area contributed by atoms with Crippen molar-refractivity contribution in [1.29, 1.82) is 0 Å². The van der Waals surface area contributed by atoms with Gasteiger partial charge < -0.3 is 5.73 Å². The molecule has 0 bridgehead atoms. The SMILES string of the molecule is Nc1ccc(SC2CC(=O)N(c3c(F)c(F)c(C(F)(F)F)c(F)c3F)C2=O)cc1. The van der Waals surface area contributed by atoms with Crippen LogP contribution in [0, 0.1) is 23.3 Å². The summed E-state index contributed by atoms with van der Waals surface area (Å²) in [6, 6.07) is 5.97. The maximum atomic E-state index is 14.2. The molecule has 2 N–H and O–H groups in total. The van der Waals surface area contributed by atoms with Gasteiger partial charge in [0.05, 0.1) is 5.25 Å². The van der Waals surface area contributed by atoms with Crippen molar-refractivity contribution in [2.45, 2.75) is 22.7 Å². The Hall–Kier alpha value is -2.76. The maximum absolute atomic E-state index is 14.2. The van der Waals surface area contributed by atoms with Gasteiger partial charge in [-0.1, -0.05) is 0 Å². The third kappa shape index (κ3) is 3.63. The molecule has 2 amide bonds. The highest BCUT2D eigenvalue weighted by atomic mass is 32.2. The Morgan fingerprint density at radius 1 is 0.931 bits per heavy atom. The number of nitrogen functional groups attached to an aromatic ring is 1. The summed E-state index contributed by atoms with van der Waals surface area (Å²) in [4.78, 5) is 24.9. The summed E-state index contributed by atoms with van der Waals surface area (Å²) >= 11 is 0.818. The number of carbonyl (C=O) groups is 2. The lowest BCUT2D eigenvalue weighted by Crippen LogP contribution is -2.34. The molecule has 0 saturated carbocycles. The summed E-state index contributed by atoms with van der Waals surface area (Å²) < 4.78 is 94.1. The van der Waals surface area contributed by atoms with Crippen LogP contribution in [0.25, 0.3) is 0 Å². The van der Waals surface area contributed by atoms with E-state index in [-0.39, 0.29) is 4.90 Å². The molecule has 2 aromatic carbocycles. The van der Waals surface area contributed by atoms with Crippen LogP contribution in [0.3, 0.4) is 0 Å². The number of thioether (sulfide) groups is 1. The molecule has 154 valence electrons. The average molecular weight is 438 g/mol. The molecule has 0 aromatic heterocycles. The molecule has 1 unspecified atom stereocenters. The highest BCUT2D eigenvalue weighted by Crippen LogP contribution is 2.42. The molecular weight excluding hydrogens is 429 g/mol. The second kappa shape index (κ2) is 7.25. The Morgan fingerprint density at radius 2 is 1.45 bits per heavy atom. The molecular formula is C17H9F7N2O2S. The van der Waals surface area contributed by atoms with Gasteiger partial charge in [-0.15, -0.1) is 11.8 Å². The second-order valence-corrected chi connectivity index (χ2v) is 7.20. The van der Waals surface area contributed by atoms with E-state index in [1.54, 1.807) is 0 Å². The van der Waals surface area contributed by atoms with Crippen molar-refractivity contribution >= 4 is 35.0 Å². The number of nitrogens with two attached hydrogens (primary N) is 1. The first-order valence-electron chi connectivity index (χ1n) is 7.75. The summed E-state index contributed by atoms with van der Waals surface area (Å²) in [6.45, 7) is 0. The van der Waals surface area contributed by atoms with Crippen molar-refractivity contribution in [3.63, 3.8) is 0 Å². The Kier molecular flexibility index (Phi) is 5.24. The third-order valence-corrected chi connectivity index (χ3v) is 5.21. The number of anilines is 2. The number of nitrogens with zero attached hydrogens (tertiary/aromatic N) is 1. The van der Waals surface area contributed by atoms with Gasteiger partial charge in [-0.2, -0.15) is 13.2 Å². The van der Waals surface area contributed by atoms with Gasteiger partial charge in [0, 0.05) is 17.0 Å². The minimum atomic E-state index is -5.74. The zero-order valence-corrected chi connectivity index (χ0v) is 14.8. The fourth-order valence-corrected chi connectivity index (χ4v) is 3.76. The van der Waals surface area contributed by atoms with Crippen molar-refractivity contribution in [2.24, 2.45) is 0 Å². The van der Waals surface area contributed by atoms with Crippen LogP contribution in [0.1, 0.15) is 12.0 Å². The summed E-state index contributed by atoms with van der Waals surface area (Å²) in [5.74, 6) is -12.9. The largest absolute Gasteiger partial charge is 0.422 e. The number of imide groups is 1. The number of benzene rings is 2. The minimum absolute atomic E-state index is 0.175. The lowest BCUT2D eigenvalue weighted by Gasteiger charge is -2.19.